The monoisotopic (exact) mass is 218 g/mol. The molecule has 78 valence electrons. The van der Waals surface area contributed by atoms with Crippen LogP contribution < -0.4 is 0 Å². The number of allylic oxidation sites excluding steroid dienone is 2. The van der Waals surface area contributed by atoms with Crippen molar-refractivity contribution < 1.29 is 19.8 Å². The van der Waals surface area contributed by atoms with E-state index < -0.39 is 23.8 Å². The third kappa shape index (κ3) is 2.07. The van der Waals surface area contributed by atoms with E-state index >= 15 is 0 Å². The summed E-state index contributed by atoms with van der Waals surface area (Å²) in [5, 5.41) is 18.1. The molecule has 0 unspecified atom stereocenters. The summed E-state index contributed by atoms with van der Waals surface area (Å²) in [6.45, 7) is 1.73. The molecule has 1 rings (SSSR count). The molecule has 2 N–H and O–H groups in total. The first-order chi connectivity index (χ1) is 6.43. The average Bonchev–Trinajstić information content (AvgIpc) is 2.08. The first-order valence-corrected chi connectivity index (χ1v) is 4.61. The van der Waals surface area contributed by atoms with Crippen molar-refractivity contribution in [3.63, 3.8) is 0 Å². The predicted molar refractivity (Wildman–Crippen MR) is 50.0 cm³/mol. The van der Waals surface area contributed by atoms with Crippen LogP contribution in [0, 0.1) is 11.8 Å². The van der Waals surface area contributed by atoms with E-state index in [2.05, 4.69) is 0 Å². The van der Waals surface area contributed by atoms with Crippen LogP contribution in [0.4, 0.5) is 0 Å². The number of carbonyl (C=O) groups is 2. The van der Waals surface area contributed by atoms with Crippen molar-refractivity contribution in [2.24, 2.45) is 11.8 Å². The van der Waals surface area contributed by atoms with Crippen LogP contribution in [-0.2, 0) is 9.59 Å². The number of aliphatic carboxylic acids is 2. The lowest BCUT2D eigenvalue weighted by Gasteiger charge is -2.26. The summed E-state index contributed by atoms with van der Waals surface area (Å²) < 4.78 is 0. The fraction of sp³-hybridized carbons (Fsp3) is 0.556. The van der Waals surface area contributed by atoms with Crippen LogP contribution in [0.3, 0.4) is 0 Å². The lowest BCUT2D eigenvalue weighted by atomic mass is 9.80. The molecule has 0 aromatic carbocycles. The third-order valence-corrected chi connectivity index (χ3v) is 2.99. The highest BCUT2D eigenvalue weighted by molar-refractivity contribution is 6.30. The molecule has 1 aliphatic rings. The number of hydrogen-bond acceptors (Lipinski definition) is 2. The predicted octanol–water partition coefficient (Wildman–Crippen LogP) is 1.69. The van der Waals surface area contributed by atoms with E-state index in [0.29, 0.717) is 5.03 Å². The number of rotatable bonds is 2. The largest absolute Gasteiger partial charge is 0.481 e. The van der Waals surface area contributed by atoms with Gasteiger partial charge in [0.2, 0.25) is 0 Å². The van der Waals surface area contributed by atoms with E-state index in [-0.39, 0.29) is 12.8 Å². The molecule has 0 spiro atoms. The third-order valence-electron chi connectivity index (χ3n) is 2.51. The maximum atomic E-state index is 10.8. The molecule has 0 bridgehead atoms. The highest BCUT2D eigenvalue weighted by atomic mass is 35.5. The topological polar surface area (TPSA) is 74.6 Å². The number of hydrogen-bond donors (Lipinski definition) is 2. The fourth-order valence-electron chi connectivity index (χ4n) is 1.61. The average molecular weight is 219 g/mol. The molecule has 0 fully saturated rings. The highest BCUT2D eigenvalue weighted by Crippen LogP contribution is 2.36. The van der Waals surface area contributed by atoms with E-state index in [1.165, 1.54) is 0 Å². The molecule has 0 aliphatic heterocycles. The Morgan fingerprint density at radius 1 is 1.21 bits per heavy atom. The second-order valence-corrected chi connectivity index (χ2v) is 3.94. The van der Waals surface area contributed by atoms with Gasteiger partial charge in [0.05, 0.1) is 11.8 Å². The molecule has 0 radical (unpaired) electrons. The minimum atomic E-state index is -1.09. The Kier molecular flexibility index (Phi) is 3.16. The normalized spacial score (nSPS) is 27.6. The Bertz CT molecular complexity index is 278. The summed E-state index contributed by atoms with van der Waals surface area (Å²) in [6, 6.07) is 0. The molecule has 0 aromatic rings. The van der Waals surface area contributed by atoms with Gasteiger partial charge in [-0.3, -0.25) is 9.59 Å². The molecule has 0 amide bonds. The summed E-state index contributed by atoms with van der Waals surface area (Å²) >= 11 is 5.80. The summed E-state index contributed by atoms with van der Waals surface area (Å²) in [5.74, 6) is -3.91. The van der Waals surface area contributed by atoms with Crippen LogP contribution in [0.2, 0.25) is 0 Å². The summed E-state index contributed by atoms with van der Waals surface area (Å²) in [5.41, 5.74) is 0.775. The molecule has 5 heteroatoms. The summed E-state index contributed by atoms with van der Waals surface area (Å²) in [4.78, 5) is 21.6. The van der Waals surface area contributed by atoms with Crippen molar-refractivity contribution in [1.82, 2.24) is 0 Å². The van der Waals surface area contributed by atoms with Gasteiger partial charge in [0.1, 0.15) is 0 Å². The quantitative estimate of drug-likeness (QED) is 0.740. The molecule has 0 saturated carbocycles. The van der Waals surface area contributed by atoms with E-state index in [1.807, 2.05) is 0 Å². The zero-order valence-electron chi connectivity index (χ0n) is 7.66. The molecule has 0 heterocycles. The first-order valence-electron chi connectivity index (χ1n) is 4.23. The lowest BCUT2D eigenvalue weighted by Crippen LogP contribution is -2.32. The van der Waals surface area contributed by atoms with Crippen LogP contribution in [0.25, 0.3) is 0 Å². The van der Waals surface area contributed by atoms with Gasteiger partial charge in [-0.1, -0.05) is 17.2 Å². The van der Waals surface area contributed by atoms with Crippen molar-refractivity contribution >= 4 is 23.5 Å². The van der Waals surface area contributed by atoms with Gasteiger partial charge in [-0.2, -0.15) is 0 Å². The maximum Gasteiger partial charge on any atom is 0.307 e. The second kappa shape index (κ2) is 4.00. The number of halogens is 1. The molecule has 0 saturated heterocycles. The van der Waals surface area contributed by atoms with Crippen LogP contribution in [0.5, 0.6) is 0 Å². The number of carboxylic acid groups (broad SMARTS) is 2. The van der Waals surface area contributed by atoms with Gasteiger partial charge < -0.3 is 10.2 Å². The van der Waals surface area contributed by atoms with E-state index in [1.54, 1.807) is 6.92 Å². The van der Waals surface area contributed by atoms with Gasteiger partial charge in [0.25, 0.3) is 0 Å². The van der Waals surface area contributed by atoms with Crippen molar-refractivity contribution in [2.45, 2.75) is 19.8 Å². The summed E-state index contributed by atoms with van der Waals surface area (Å²) in [6.07, 6.45) is 0.352. The van der Waals surface area contributed by atoms with E-state index in [4.69, 9.17) is 21.8 Å². The van der Waals surface area contributed by atoms with Gasteiger partial charge >= 0.3 is 11.9 Å². The van der Waals surface area contributed by atoms with Gasteiger partial charge in [-0.25, -0.2) is 0 Å². The Balaban J connectivity index is 2.95. The van der Waals surface area contributed by atoms with Crippen LogP contribution in [0.15, 0.2) is 10.6 Å². The molecular formula is C9H11ClO4. The van der Waals surface area contributed by atoms with Crippen LogP contribution in [-0.4, -0.2) is 22.2 Å². The van der Waals surface area contributed by atoms with Crippen molar-refractivity contribution in [2.75, 3.05) is 0 Å². The van der Waals surface area contributed by atoms with Gasteiger partial charge in [0.15, 0.2) is 0 Å². The zero-order valence-corrected chi connectivity index (χ0v) is 8.41. The SMILES string of the molecule is CC1=C(Cl)C[C@@H](C(=O)O)[C@@H](C(=O)O)C1. The van der Waals surface area contributed by atoms with Crippen LogP contribution >= 0.6 is 11.6 Å². The fourth-order valence-corrected chi connectivity index (χ4v) is 1.85. The Morgan fingerprint density at radius 3 is 2.07 bits per heavy atom. The van der Waals surface area contributed by atoms with Crippen molar-refractivity contribution in [1.29, 1.82) is 0 Å². The van der Waals surface area contributed by atoms with Crippen LogP contribution in [0.1, 0.15) is 19.8 Å². The first kappa shape index (κ1) is 11.0. The van der Waals surface area contributed by atoms with Crippen molar-refractivity contribution in [3.8, 4) is 0 Å². The highest BCUT2D eigenvalue weighted by Gasteiger charge is 2.37. The van der Waals surface area contributed by atoms with Crippen molar-refractivity contribution in [3.05, 3.63) is 10.6 Å². The maximum absolute atomic E-state index is 10.8. The van der Waals surface area contributed by atoms with E-state index in [0.717, 1.165) is 5.57 Å². The molecule has 0 aromatic heterocycles. The van der Waals surface area contributed by atoms with E-state index in [9.17, 15) is 9.59 Å². The number of carboxylic acids is 2. The molecule has 14 heavy (non-hydrogen) atoms. The smallest absolute Gasteiger partial charge is 0.307 e. The molecule has 1 aliphatic carbocycles. The minimum Gasteiger partial charge on any atom is -0.481 e. The standard InChI is InChI=1S/C9H11ClO4/c1-4-2-5(8(11)12)6(9(13)14)3-7(4)10/h5-6H,2-3H2,1H3,(H,11,12)(H,13,14)/t5-,6+/m0/s1. The van der Waals surface area contributed by atoms with Gasteiger partial charge in [-0.15, -0.1) is 0 Å². The lowest BCUT2D eigenvalue weighted by molar-refractivity contribution is -0.154. The molecule has 4 nitrogen and oxygen atoms in total. The Morgan fingerprint density at radius 2 is 1.64 bits per heavy atom. The van der Waals surface area contributed by atoms with Gasteiger partial charge in [-0.05, 0) is 19.8 Å². The Hall–Kier alpha value is -1.03. The Labute approximate surface area is 86.2 Å². The minimum absolute atomic E-state index is 0.125. The molecule has 2 atom stereocenters. The molecular weight excluding hydrogens is 208 g/mol. The zero-order chi connectivity index (χ0) is 10.9. The summed E-state index contributed by atoms with van der Waals surface area (Å²) in [7, 11) is 0. The van der Waals surface area contributed by atoms with Gasteiger partial charge in [0, 0.05) is 5.03 Å². The second-order valence-electron chi connectivity index (χ2n) is 3.48.